The summed E-state index contributed by atoms with van der Waals surface area (Å²) >= 11 is 0. The van der Waals surface area contributed by atoms with Crippen LogP contribution in [0, 0.1) is 0 Å². The van der Waals surface area contributed by atoms with Gasteiger partial charge in [0.05, 0.1) is 7.11 Å². The van der Waals surface area contributed by atoms with Gasteiger partial charge in [-0.1, -0.05) is 30.3 Å². The Hall–Kier alpha value is -1.74. The quantitative estimate of drug-likeness (QED) is 0.741. The second-order valence-electron chi connectivity index (χ2n) is 3.45. The zero-order valence-corrected chi connectivity index (χ0v) is 10.6. The van der Waals surface area contributed by atoms with Gasteiger partial charge in [-0.25, -0.2) is 0 Å². The van der Waals surface area contributed by atoms with E-state index in [-0.39, 0.29) is 0 Å². The second kappa shape index (κ2) is 5.37. The van der Waals surface area contributed by atoms with Crippen molar-refractivity contribution in [2.45, 2.75) is 0 Å². The number of benzene rings is 2. The predicted molar refractivity (Wildman–Crippen MR) is 68.2 cm³/mol. The van der Waals surface area contributed by atoms with Crippen molar-refractivity contribution in [1.29, 1.82) is 0 Å². The maximum absolute atomic E-state index is 5.77. The van der Waals surface area contributed by atoms with Gasteiger partial charge in [-0.05, 0) is 29.5 Å². The molecule has 2 aromatic rings. The fourth-order valence-electron chi connectivity index (χ4n) is 1.41. The predicted octanol–water partition coefficient (Wildman–Crippen LogP) is 1.48. The molecular formula is C13H14O2Si. The number of hydrogen-bond donors (Lipinski definition) is 0. The van der Waals surface area contributed by atoms with Crippen LogP contribution in [0.15, 0.2) is 54.6 Å². The lowest BCUT2D eigenvalue weighted by molar-refractivity contribution is 0.414. The zero-order chi connectivity index (χ0) is 11.2. The first-order chi connectivity index (χ1) is 7.88. The standard InChI is InChI=1S/C13H14O2Si/c1-14-11-7-9-12(10-8-11)15-16-13-5-3-2-4-6-13/h2-10H,16H2,1H3. The molecule has 0 aliphatic carbocycles. The van der Waals surface area contributed by atoms with Crippen molar-refractivity contribution in [3.63, 3.8) is 0 Å². The average molecular weight is 230 g/mol. The van der Waals surface area contributed by atoms with E-state index in [1.54, 1.807) is 7.11 Å². The molecule has 0 aliphatic heterocycles. The summed E-state index contributed by atoms with van der Waals surface area (Å²) in [5, 5.41) is 1.30. The highest BCUT2D eigenvalue weighted by atomic mass is 28.2. The number of hydrogen-bond acceptors (Lipinski definition) is 2. The van der Waals surface area contributed by atoms with Crippen molar-refractivity contribution < 1.29 is 9.16 Å². The summed E-state index contributed by atoms with van der Waals surface area (Å²) in [5.74, 6) is 1.77. The molecule has 3 heteroatoms. The molecular weight excluding hydrogens is 216 g/mol. The van der Waals surface area contributed by atoms with E-state index in [1.165, 1.54) is 5.19 Å². The first-order valence-electron chi connectivity index (χ1n) is 5.19. The van der Waals surface area contributed by atoms with Crippen molar-refractivity contribution in [2.24, 2.45) is 0 Å². The van der Waals surface area contributed by atoms with Gasteiger partial charge >= 0.3 is 0 Å². The molecule has 0 saturated carbocycles. The van der Waals surface area contributed by atoms with Crippen LogP contribution >= 0.6 is 0 Å². The molecule has 2 aromatic carbocycles. The molecule has 0 bridgehead atoms. The van der Waals surface area contributed by atoms with Crippen molar-refractivity contribution in [3.8, 4) is 11.5 Å². The molecule has 0 fully saturated rings. The molecule has 0 aromatic heterocycles. The van der Waals surface area contributed by atoms with Gasteiger partial charge in [-0.2, -0.15) is 0 Å². The van der Waals surface area contributed by atoms with Crippen LogP contribution in [-0.4, -0.2) is 16.9 Å². The normalized spacial score (nSPS) is 10.6. The molecule has 0 radical (unpaired) electrons. The molecule has 16 heavy (non-hydrogen) atoms. The summed E-state index contributed by atoms with van der Waals surface area (Å²) < 4.78 is 10.9. The van der Waals surface area contributed by atoms with Crippen molar-refractivity contribution in [1.82, 2.24) is 0 Å². The van der Waals surface area contributed by atoms with Crippen molar-refractivity contribution in [3.05, 3.63) is 54.6 Å². The van der Waals surface area contributed by atoms with E-state index >= 15 is 0 Å². The maximum Gasteiger partial charge on any atom is 0.251 e. The Morgan fingerprint density at radius 1 is 0.812 bits per heavy atom. The van der Waals surface area contributed by atoms with E-state index < -0.39 is 9.76 Å². The topological polar surface area (TPSA) is 18.5 Å². The summed E-state index contributed by atoms with van der Waals surface area (Å²) in [7, 11) is 0.992. The van der Waals surface area contributed by atoms with E-state index in [4.69, 9.17) is 9.16 Å². The van der Waals surface area contributed by atoms with E-state index in [0.29, 0.717) is 0 Å². The van der Waals surface area contributed by atoms with Gasteiger partial charge in [0.2, 0.25) is 0 Å². The zero-order valence-electron chi connectivity index (χ0n) is 9.22. The summed E-state index contributed by atoms with van der Waals surface area (Å²) in [6.45, 7) is 0. The summed E-state index contributed by atoms with van der Waals surface area (Å²) in [4.78, 5) is 0. The van der Waals surface area contributed by atoms with Crippen LogP contribution in [0.1, 0.15) is 0 Å². The van der Waals surface area contributed by atoms with Gasteiger partial charge in [0.25, 0.3) is 9.76 Å². The lowest BCUT2D eigenvalue weighted by atomic mass is 10.3. The molecule has 0 aliphatic rings. The van der Waals surface area contributed by atoms with Crippen LogP contribution in [0.3, 0.4) is 0 Å². The smallest absolute Gasteiger partial charge is 0.251 e. The minimum absolute atomic E-state index is 0.669. The lowest BCUT2D eigenvalue weighted by Gasteiger charge is -2.06. The Kier molecular flexibility index (Phi) is 3.61. The van der Waals surface area contributed by atoms with Gasteiger partial charge in [-0.3, -0.25) is 0 Å². The van der Waals surface area contributed by atoms with Gasteiger partial charge < -0.3 is 9.16 Å². The third-order valence-corrected chi connectivity index (χ3v) is 3.59. The molecule has 0 N–H and O–H groups in total. The molecule has 0 saturated heterocycles. The third kappa shape index (κ3) is 2.87. The first-order valence-corrected chi connectivity index (χ1v) is 6.48. The highest BCUT2D eigenvalue weighted by Crippen LogP contribution is 2.16. The first kappa shape index (κ1) is 10.8. The van der Waals surface area contributed by atoms with E-state index in [0.717, 1.165) is 11.5 Å². The molecule has 2 rings (SSSR count). The van der Waals surface area contributed by atoms with Crippen LogP contribution in [-0.2, 0) is 0 Å². The van der Waals surface area contributed by atoms with E-state index in [9.17, 15) is 0 Å². The Balaban J connectivity index is 1.94. The SMILES string of the molecule is COc1ccc(O[SiH2]c2ccccc2)cc1. The average Bonchev–Trinajstić information content (AvgIpc) is 2.38. The molecule has 0 unspecified atom stereocenters. The van der Waals surface area contributed by atoms with Gasteiger partial charge in [0, 0.05) is 0 Å². The lowest BCUT2D eigenvalue weighted by Crippen LogP contribution is -2.19. The Morgan fingerprint density at radius 2 is 1.44 bits per heavy atom. The van der Waals surface area contributed by atoms with Gasteiger partial charge in [0.1, 0.15) is 11.5 Å². The second-order valence-corrected chi connectivity index (χ2v) is 4.84. The molecule has 0 atom stereocenters. The highest BCUT2D eigenvalue weighted by molar-refractivity contribution is 6.47. The largest absolute Gasteiger partial charge is 0.545 e. The summed E-state index contributed by atoms with van der Waals surface area (Å²) in [6, 6.07) is 18.0. The fourth-order valence-corrected chi connectivity index (χ4v) is 2.40. The van der Waals surface area contributed by atoms with E-state index in [1.807, 2.05) is 42.5 Å². The Morgan fingerprint density at radius 3 is 2.06 bits per heavy atom. The third-order valence-electron chi connectivity index (χ3n) is 2.31. The van der Waals surface area contributed by atoms with Crippen molar-refractivity contribution in [2.75, 3.05) is 7.11 Å². The highest BCUT2D eigenvalue weighted by Gasteiger charge is 1.96. The monoisotopic (exact) mass is 230 g/mol. The minimum atomic E-state index is -0.669. The summed E-state index contributed by atoms with van der Waals surface area (Å²) in [5.41, 5.74) is 0. The minimum Gasteiger partial charge on any atom is -0.545 e. The Labute approximate surface area is 97.8 Å². The molecule has 82 valence electrons. The van der Waals surface area contributed by atoms with Crippen LogP contribution in [0.2, 0.25) is 0 Å². The van der Waals surface area contributed by atoms with Crippen LogP contribution in [0.4, 0.5) is 0 Å². The number of methoxy groups -OCH3 is 1. The van der Waals surface area contributed by atoms with Crippen LogP contribution < -0.4 is 14.3 Å². The van der Waals surface area contributed by atoms with E-state index in [2.05, 4.69) is 12.1 Å². The van der Waals surface area contributed by atoms with Gasteiger partial charge in [0.15, 0.2) is 0 Å². The molecule has 0 heterocycles. The summed E-state index contributed by atoms with van der Waals surface area (Å²) in [6.07, 6.45) is 0. The fraction of sp³-hybridized carbons (Fsp3) is 0.0769. The van der Waals surface area contributed by atoms with Gasteiger partial charge in [-0.15, -0.1) is 0 Å². The Bertz CT molecular complexity index is 425. The maximum atomic E-state index is 5.77. The van der Waals surface area contributed by atoms with Crippen molar-refractivity contribution >= 4 is 14.9 Å². The molecule has 2 nitrogen and oxygen atoms in total. The molecule has 0 spiro atoms. The number of rotatable bonds is 4. The van der Waals surface area contributed by atoms with Crippen LogP contribution in [0.5, 0.6) is 11.5 Å². The number of ether oxygens (including phenoxy) is 1. The molecule has 0 amide bonds. The van der Waals surface area contributed by atoms with Crippen LogP contribution in [0.25, 0.3) is 0 Å².